The number of hydrogen-bond acceptors (Lipinski definition) is 5. The summed E-state index contributed by atoms with van der Waals surface area (Å²) in [5.74, 6) is 1.68. The third-order valence-corrected chi connectivity index (χ3v) is 13.0. The first kappa shape index (κ1) is 35.7. The number of benzene rings is 10. The monoisotopic (exact) mass is 830 g/mol. The molecule has 0 saturated carbocycles. The fourth-order valence-electron chi connectivity index (χ4n) is 9.87. The lowest BCUT2D eigenvalue weighted by molar-refractivity contribution is 0.668. The third kappa shape index (κ3) is 5.64. The molecule has 0 unspecified atom stereocenters. The van der Waals surface area contributed by atoms with Gasteiger partial charge in [-0.05, 0) is 93.3 Å². The standard InChI is InChI=1S/C59H34N4O2/c1-2-12-35(13-3-1)36-22-24-37(25-23-36)57-60-58(42-26-27-54-48(30-42)44-18-8-10-20-52(44)64-54)62-59(61-57)49-33-43(34-55-56(49)45-19-9-11-21-53(45)65-55)63-50-31-40-16-6-4-14-38(40)28-46(50)47-29-39-15-5-7-17-41(39)32-51(47)63/h1-34H. The van der Waals surface area contributed by atoms with Crippen molar-refractivity contribution in [3.63, 3.8) is 0 Å². The van der Waals surface area contributed by atoms with E-state index in [9.17, 15) is 0 Å². The van der Waals surface area contributed by atoms with Gasteiger partial charge in [0.2, 0.25) is 0 Å². The second kappa shape index (κ2) is 13.8. The predicted octanol–water partition coefficient (Wildman–Crippen LogP) is 15.7. The summed E-state index contributed by atoms with van der Waals surface area (Å²) in [4.78, 5) is 16.0. The molecular weight excluding hydrogens is 797 g/mol. The Balaban J connectivity index is 1.06. The van der Waals surface area contributed by atoms with Gasteiger partial charge in [0.25, 0.3) is 0 Å². The minimum absolute atomic E-state index is 0.546. The van der Waals surface area contributed by atoms with Gasteiger partial charge >= 0.3 is 0 Å². The number of rotatable bonds is 5. The Morgan fingerprint density at radius 3 is 1.49 bits per heavy atom. The highest BCUT2D eigenvalue weighted by Gasteiger charge is 2.23. The van der Waals surface area contributed by atoms with E-state index in [4.69, 9.17) is 23.8 Å². The molecule has 0 saturated heterocycles. The van der Waals surface area contributed by atoms with Crippen LogP contribution >= 0.6 is 0 Å². The molecule has 0 N–H and O–H groups in total. The number of fused-ring (bicyclic) bond motifs is 11. The van der Waals surface area contributed by atoms with Crippen LogP contribution in [0.25, 0.3) is 138 Å². The summed E-state index contributed by atoms with van der Waals surface area (Å²) in [7, 11) is 0. The Morgan fingerprint density at radius 2 is 0.800 bits per heavy atom. The van der Waals surface area contributed by atoms with Crippen molar-refractivity contribution in [2.75, 3.05) is 0 Å². The van der Waals surface area contributed by atoms with Gasteiger partial charge in [-0.3, -0.25) is 0 Å². The smallest absolute Gasteiger partial charge is 0.164 e. The van der Waals surface area contributed by atoms with E-state index in [0.29, 0.717) is 17.5 Å². The van der Waals surface area contributed by atoms with Gasteiger partial charge in [0.15, 0.2) is 17.5 Å². The molecule has 65 heavy (non-hydrogen) atoms. The summed E-state index contributed by atoms with van der Waals surface area (Å²) in [6.07, 6.45) is 0. The first-order valence-electron chi connectivity index (χ1n) is 21.8. The van der Waals surface area contributed by atoms with Crippen LogP contribution < -0.4 is 0 Å². The van der Waals surface area contributed by atoms with Crippen LogP contribution in [-0.4, -0.2) is 19.5 Å². The molecule has 302 valence electrons. The van der Waals surface area contributed by atoms with E-state index in [1.807, 2.05) is 48.5 Å². The van der Waals surface area contributed by atoms with Gasteiger partial charge in [-0.1, -0.05) is 140 Å². The van der Waals surface area contributed by atoms with Crippen LogP contribution in [0.3, 0.4) is 0 Å². The zero-order valence-electron chi connectivity index (χ0n) is 34.7. The molecule has 14 aromatic rings. The van der Waals surface area contributed by atoms with Crippen molar-refractivity contribution < 1.29 is 8.83 Å². The molecule has 0 amide bonds. The SMILES string of the molecule is c1ccc(-c2ccc(-c3nc(-c4ccc5oc6ccccc6c5c4)nc(-c4cc(-n5c6cc7ccccc7cc6c6cc7ccccc7cc65)cc5oc6ccccc6c45)n3)cc2)cc1. The minimum Gasteiger partial charge on any atom is -0.456 e. The number of para-hydroxylation sites is 2. The molecular formula is C59H34N4O2. The molecule has 0 atom stereocenters. The lowest BCUT2D eigenvalue weighted by Gasteiger charge is -2.13. The molecule has 6 nitrogen and oxygen atoms in total. The van der Waals surface area contributed by atoms with E-state index in [0.717, 1.165) is 88.4 Å². The normalized spacial score (nSPS) is 12.0. The maximum atomic E-state index is 6.79. The molecule has 0 aliphatic heterocycles. The average molecular weight is 831 g/mol. The summed E-state index contributed by atoms with van der Waals surface area (Å²) >= 11 is 0. The van der Waals surface area contributed by atoms with Crippen LogP contribution in [0.4, 0.5) is 0 Å². The molecule has 4 heterocycles. The van der Waals surface area contributed by atoms with Crippen LogP contribution in [0.1, 0.15) is 0 Å². The molecule has 4 aromatic heterocycles. The molecule has 0 bridgehead atoms. The molecule has 6 heteroatoms. The number of hydrogen-bond donors (Lipinski definition) is 0. The van der Waals surface area contributed by atoms with Gasteiger partial charge in [0.05, 0.1) is 16.7 Å². The Bertz CT molecular complexity index is 4140. The Hall–Kier alpha value is -8.87. The van der Waals surface area contributed by atoms with Crippen LogP contribution in [0.2, 0.25) is 0 Å². The van der Waals surface area contributed by atoms with Crippen LogP contribution in [0.15, 0.2) is 215 Å². The topological polar surface area (TPSA) is 69.9 Å². The fraction of sp³-hybridized carbons (Fsp3) is 0. The highest BCUT2D eigenvalue weighted by Crippen LogP contribution is 2.43. The molecule has 0 fully saturated rings. The molecule has 0 aliphatic carbocycles. The van der Waals surface area contributed by atoms with E-state index in [1.165, 1.54) is 32.3 Å². The Labute approximate surface area is 371 Å². The van der Waals surface area contributed by atoms with E-state index in [1.54, 1.807) is 0 Å². The first-order chi connectivity index (χ1) is 32.2. The van der Waals surface area contributed by atoms with Crippen LogP contribution in [0, 0.1) is 0 Å². The van der Waals surface area contributed by atoms with Gasteiger partial charge in [0, 0.05) is 55.1 Å². The van der Waals surface area contributed by atoms with Gasteiger partial charge in [-0.25, -0.2) is 15.0 Å². The van der Waals surface area contributed by atoms with Crippen LogP contribution in [0.5, 0.6) is 0 Å². The van der Waals surface area contributed by atoms with Crippen molar-refractivity contribution in [3.05, 3.63) is 206 Å². The number of aromatic nitrogens is 4. The van der Waals surface area contributed by atoms with E-state index in [2.05, 4.69) is 162 Å². The summed E-state index contributed by atoms with van der Waals surface area (Å²) in [5.41, 5.74) is 11.2. The molecule has 0 radical (unpaired) electrons. The highest BCUT2D eigenvalue weighted by molar-refractivity contribution is 6.18. The summed E-state index contributed by atoms with van der Waals surface area (Å²) in [6.45, 7) is 0. The zero-order chi connectivity index (χ0) is 42.6. The first-order valence-corrected chi connectivity index (χ1v) is 21.8. The fourth-order valence-corrected chi connectivity index (χ4v) is 9.87. The minimum atomic E-state index is 0.546. The van der Waals surface area contributed by atoms with Crippen molar-refractivity contribution in [1.82, 2.24) is 19.5 Å². The molecule has 10 aromatic carbocycles. The summed E-state index contributed by atoms with van der Waals surface area (Å²) in [6, 6.07) is 72.3. The molecule has 0 spiro atoms. The maximum Gasteiger partial charge on any atom is 0.164 e. The second-order valence-electron chi connectivity index (χ2n) is 16.8. The third-order valence-electron chi connectivity index (χ3n) is 13.0. The van der Waals surface area contributed by atoms with Gasteiger partial charge in [-0.2, -0.15) is 0 Å². The Kier molecular flexibility index (Phi) is 7.59. The largest absolute Gasteiger partial charge is 0.456 e. The van der Waals surface area contributed by atoms with Crippen molar-refractivity contribution in [3.8, 4) is 51.0 Å². The lowest BCUT2D eigenvalue weighted by Crippen LogP contribution is -2.02. The second-order valence-corrected chi connectivity index (χ2v) is 16.8. The van der Waals surface area contributed by atoms with Gasteiger partial charge < -0.3 is 13.4 Å². The average Bonchev–Trinajstić information content (AvgIpc) is 4.03. The van der Waals surface area contributed by atoms with Crippen molar-refractivity contribution in [1.29, 1.82) is 0 Å². The van der Waals surface area contributed by atoms with Gasteiger partial charge in [0.1, 0.15) is 22.3 Å². The number of nitrogens with zero attached hydrogens (tertiary/aromatic N) is 4. The van der Waals surface area contributed by atoms with Crippen molar-refractivity contribution >= 4 is 87.2 Å². The highest BCUT2D eigenvalue weighted by atomic mass is 16.3. The van der Waals surface area contributed by atoms with E-state index >= 15 is 0 Å². The summed E-state index contributed by atoms with van der Waals surface area (Å²) in [5, 5.41) is 11.1. The number of furan rings is 2. The quantitative estimate of drug-likeness (QED) is 0.173. The maximum absolute atomic E-state index is 6.79. The Morgan fingerprint density at radius 1 is 0.308 bits per heavy atom. The van der Waals surface area contributed by atoms with Crippen molar-refractivity contribution in [2.24, 2.45) is 0 Å². The molecule has 0 aliphatic rings. The van der Waals surface area contributed by atoms with Crippen molar-refractivity contribution in [2.45, 2.75) is 0 Å². The van der Waals surface area contributed by atoms with Crippen LogP contribution in [-0.2, 0) is 0 Å². The molecule has 14 rings (SSSR count). The predicted molar refractivity (Wildman–Crippen MR) is 265 cm³/mol. The summed E-state index contributed by atoms with van der Waals surface area (Å²) < 4.78 is 15.4. The zero-order valence-corrected chi connectivity index (χ0v) is 34.7. The van der Waals surface area contributed by atoms with Gasteiger partial charge in [-0.15, -0.1) is 0 Å². The van der Waals surface area contributed by atoms with E-state index in [-0.39, 0.29) is 0 Å². The lowest BCUT2D eigenvalue weighted by atomic mass is 10.0. The van der Waals surface area contributed by atoms with E-state index < -0.39 is 0 Å².